The zero-order valence-corrected chi connectivity index (χ0v) is 20.7. The number of amides is 2. The van der Waals surface area contributed by atoms with Crippen LogP contribution in [0.3, 0.4) is 0 Å². The molecule has 1 aliphatic heterocycles. The molecule has 9 heteroatoms. The second-order valence-corrected chi connectivity index (χ2v) is 10.4. The highest BCUT2D eigenvalue weighted by Gasteiger charge is 2.31. The lowest BCUT2D eigenvalue weighted by Gasteiger charge is -2.10. The van der Waals surface area contributed by atoms with Crippen molar-refractivity contribution in [1.29, 1.82) is 0 Å². The summed E-state index contributed by atoms with van der Waals surface area (Å²) in [6, 6.07) is 21.8. The van der Waals surface area contributed by atoms with E-state index in [1.165, 1.54) is 30.3 Å². The summed E-state index contributed by atoms with van der Waals surface area (Å²) in [6.07, 6.45) is 2.38. The molecule has 0 saturated heterocycles. The lowest BCUT2D eigenvalue weighted by Crippen LogP contribution is -2.23. The van der Waals surface area contributed by atoms with Gasteiger partial charge in [-0.15, -0.1) is 0 Å². The normalized spacial score (nSPS) is 13.5. The lowest BCUT2D eigenvalue weighted by molar-refractivity contribution is 0.0949. The molecule has 1 aliphatic rings. The predicted octanol–water partition coefficient (Wildman–Crippen LogP) is 4.01. The highest BCUT2D eigenvalue weighted by atomic mass is 32.2. The second kappa shape index (κ2) is 9.87. The monoisotopic (exact) mass is 513 g/mol. The summed E-state index contributed by atoms with van der Waals surface area (Å²) in [5.41, 5.74) is 3.17. The van der Waals surface area contributed by atoms with Gasteiger partial charge in [-0.05, 0) is 59.7 Å². The van der Waals surface area contributed by atoms with E-state index in [4.69, 9.17) is 4.74 Å². The fraction of sp³-hybridized carbons (Fsp3) is 0.107. The van der Waals surface area contributed by atoms with Crippen molar-refractivity contribution in [2.75, 3.05) is 12.4 Å². The first-order valence-corrected chi connectivity index (χ1v) is 13.0. The minimum Gasteiger partial charge on any atom is -0.497 e. The van der Waals surface area contributed by atoms with E-state index in [1.54, 1.807) is 25.4 Å². The maximum absolute atomic E-state index is 13.1. The Hall–Kier alpha value is -4.50. The fourth-order valence-corrected chi connectivity index (χ4v) is 5.69. The maximum atomic E-state index is 13.1. The Bertz CT molecular complexity index is 1600. The number of aromatic nitrogens is 1. The summed E-state index contributed by atoms with van der Waals surface area (Å²) in [6.45, 7) is 0.238. The second-order valence-electron chi connectivity index (χ2n) is 8.53. The summed E-state index contributed by atoms with van der Waals surface area (Å²) in [4.78, 5) is 29.8. The molecule has 186 valence electrons. The van der Waals surface area contributed by atoms with Gasteiger partial charge >= 0.3 is 0 Å². The number of benzene rings is 3. The summed E-state index contributed by atoms with van der Waals surface area (Å²) in [5, 5.41) is 5.43. The Morgan fingerprint density at radius 3 is 2.43 bits per heavy atom. The van der Waals surface area contributed by atoms with Crippen LogP contribution in [0.5, 0.6) is 5.75 Å². The number of hydrogen-bond donors (Lipinski definition) is 2. The Labute approximate surface area is 214 Å². The van der Waals surface area contributed by atoms with Crippen molar-refractivity contribution in [1.82, 2.24) is 10.3 Å². The lowest BCUT2D eigenvalue weighted by atomic mass is 10.1. The van der Waals surface area contributed by atoms with E-state index >= 15 is 0 Å². The van der Waals surface area contributed by atoms with Crippen molar-refractivity contribution in [3.05, 3.63) is 113 Å². The van der Waals surface area contributed by atoms with Crippen LogP contribution in [0.15, 0.2) is 94.9 Å². The third-order valence-corrected chi connectivity index (χ3v) is 7.95. The summed E-state index contributed by atoms with van der Waals surface area (Å²) in [7, 11) is -2.30. The van der Waals surface area contributed by atoms with Crippen LogP contribution >= 0.6 is 0 Å². The van der Waals surface area contributed by atoms with Crippen LogP contribution in [0, 0.1) is 0 Å². The van der Waals surface area contributed by atoms with Crippen molar-refractivity contribution in [2.24, 2.45) is 0 Å². The molecule has 2 amide bonds. The highest BCUT2D eigenvalue weighted by molar-refractivity contribution is 7.91. The van der Waals surface area contributed by atoms with Crippen LogP contribution in [0.4, 0.5) is 5.69 Å². The van der Waals surface area contributed by atoms with Gasteiger partial charge in [-0.3, -0.25) is 14.6 Å². The summed E-state index contributed by atoms with van der Waals surface area (Å²) < 4.78 is 31.4. The maximum Gasteiger partial charge on any atom is 0.257 e. The molecule has 37 heavy (non-hydrogen) atoms. The van der Waals surface area contributed by atoms with Gasteiger partial charge in [-0.2, -0.15) is 0 Å². The number of carbonyl (C=O) groups is 2. The number of fused-ring (bicyclic) bond motifs is 2. The largest absolute Gasteiger partial charge is 0.497 e. The predicted molar refractivity (Wildman–Crippen MR) is 137 cm³/mol. The Kier molecular flexibility index (Phi) is 6.45. The molecule has 5 rings (SSSR count). The van der Waals surface area contributed by atoms with Crippen LogP contribution in [0.2, 0.25) is 0 Å². The number of rotatable bonds is 6. The van der Waals surface area contributed by atoms with Crippen molar-refractivity contribution in [3.8, 4) is 5.75 Å². The number of pyridine rings is 1. The van der Waals surface area contributed by atoms with Gasteiger partial charge < -0.3 is 15.4 Å². The van der Waals surface area contributed by atoms with E-state index in [1.807, 2.05) is 36.4 Å². The SMILES string of the molecule is COc1ccc(Cc2ccc(CNC(=O)c3ccc4c(c3)NC(=O)c3ccccc3S4(=O)=O)cn2)cc1. The van der Waals surface area contributed by atoms with Crippen LogP contribution in [0.25, 0.3) is 0 Å². The minimum atomic E-state index is -3.93. The molecule has 8 nitrogen and oxygen atoms in total. The molecule has 0 saturated carbocycles. The van der Waals surface area contributed by atoms with Gasteiger partial charge in [-0.25, -0.2) is 8.42 Å². The fourth-order valence-electron chi connectivity index (χ4n) is 4.10. The number of sulfone groups is 1. The highest BCUT2D eigenvalue weighted by Crippen LogP contribution is 2.34. The van der Waals surface area contributed by atoms with Gasteiger partial charge in [0, 0.05) is 30.4 Å². The third-order valence-electron chi connectivity index (χ3n) is 6.08. The molecular formula is C28H23N3O5S. The van der Waals surface area contributed by atoms with Gasteiger partial charge in [0.2, 0.25) is 9.84 Å². The molecule has 1 aromatic heterocycles. The van der Waals surface area contributed by atoms with E-state index in [0.717, 1.165) is 22.6 Å². The molecule has 4 aromatic rings. The zero-order chi connectivity index (χ0) is 26.0. The average Bonchev–Trinajstić information content (AvgIpc) is 3.00. The van der Waals surface area contributed by atoms with E-state index < -0.39 is 21.7 Å². The van der Waals surface area contributed by atoms with Gasteiger partial charge in [0.25, 0.3) is 11.8 Å². The smallest absolute Gasteiger partial charge is 0.257 e. The van der Waals surface area contributed by atoms with E-state index in [2.05, 4.69) is 15.6 Å². The van der Waals surface area contributed by atoms with Crippen molar-refractivity contribution >= 4 is 27.3 Å². The molecule has 2 N–H and O–H groups in total. The third kappa shape index (κ3) is 4.94. The number of nitrogens with zero attached hydrogens (tertiary/aromatic N) is 1. The average molecular weight is 514 g/mol. The molecule has 0 fully saturated rings. The first-order chi connectivity index (χ1) is 17.8. The van der Waals surface area contributed by atoms with Gasteiger partial charge in [0.1, 0.15) is 5.75 Å². The number of hydrogen-bond acceptors (Lipinski definition) is 6. The molecule has 0 unspecified atom stereocenters. The molecule has 0 atom stereocenters. The number of anilines is 1. The Morgan fingerprint density at radius 1 is 0.946 bits per heavy atom. The molecule has 0 radical (unpaired) electrons. The van der Waals surface area contributed by atoms with Crippen LogP contribution in [0.1, 0.15) is 37.5 Å². The number of carbonyl (C=O) groups excluding carboxylic acids is 2. The van der Waals surface area contributed by atoms with Crippen LogP contribution in [-0.2, 0) is 22.8 Å². The summed E-state index contributed by atoms with van der Waals surface area (Å²) >= 11 is 0. The molecule has 0 bridgehead atoms. The van der Waals surface area contributed by atoms with E-state index in [0.29, 0.717) is 6.42 Å². The number of ether oxygens (including phenoxy) is 1. The molecule has 2 heterocycles. The van der Waals surface area contributed by atoms with Crippen LogP contribution in [-0.4, -0.2) is 32.3 Å². The van der Waals surface area contributed by atoms with Gasteiger partial charge in [0.15, 0.2) is 0 Å². The van der Waals surface area contributed by atoms with E-state index in [-0.39, 0.29) is 33.2 Å². The van der Waals surface area contributed by atoms with Crippen molar-refractivity contribution in [2.45, 2.75) is 22.8 Å². The summed E-state index contributed by atoms with van der Waals surface area (Å²) in [5.74, 6) is -0.152. The Balaban J connectivity index is 1.27. The number of nitrogens with one attached hydrogen (secondary N) is 2. The zero-order valence-electron chi connectivity index (χ0n) is 19.9. The van der Waals surface area contributed by atoms with Gasteiger partial charge in [-0.1, -0.05) is 30.3 Å². The first kappa shape index (κ1) is 24.2. The molecule has 0 spiro atoms. The van der Waals surface area contributed by atoms with E-state index in [9.17, 15) is 18.0 Å². The number of methoxy groups -OCH3 is 1. The topological polar surface area (TPSA) is 114 Å². The molecular weight excluding hydrogens is 490 g/mol. The quantitative estimate of drug-likeness (QED) is 0.403. The van der Waals surface area contributed by atoms with Crippen LogP contribution < -0.4 is 15.4 Å². The standard InChI is InChI=1S/C28H23N3O5S/c1-36-22-11-7-18(8-12-22)14-21-10-6-19(16-29-21)17-30-27(32)20-9-13-26-24(15-20)31-28(33)23-4-2-3-5-25(23)37(26,34)35/h2-13,15-16H,14,17H2,1H3,(H,30,32)(H,31,33). The van der Waals surface area contributed by atoms with Crippen molar-refractivity contribution < 1.29 is 22.7 Å². The van der Waals surface area contributed by atoms with Gasteiger partial charge in [0.05, 0.1) is 28.2 Å². The minimum absolute atomic E-state index is 0.0565. The molecule has 0 aliphatic carbocycles. The first-order valence-electron chi connectivity index (χ1n) is 11.5. The molecule has 3 aromatic carbocycles. The van der Waals surface area contributed by atoms with Crippen molar-refractivity contribution in [3.63, 3.8) is 0 Å². The Morgan fingerprint density at radius 2 is 1.70 bits per heavy atom.